The Balaban J connectivity index is 3.58. The monoisotopic (exact) mass is 248 g/mol. The third-order valence-electron chi connectivity index (χ3n) is 2.35. The van der Waals surface area contributed by atoms with E-state index >= 15 is 0 Å². The number of esters is 1. The van der Waals surface area contributed by atoms with Crippen LogP contribution < -0.4 is 0 Å². The zero-order valence-electron chi connectivity index (χ0n) is 11.5. The predicted molar refractivity (Wildman–Crippen MR) is 77.3 cm³/mol. The summed E-state index contributed by atoms with van der Waals surface area (Å²) in [6, 6.07) is 0. The molecule has 0 rings (SSSR count). The summed E-state index contributed by atoms with van der Waals surface area (Å²) in [5, 5.41) is 0. The Bertz CT molecular complexity index is 309. The highest BCUT2D eigenvalue weighted by atomic mass is 16.5. The second-order valence-electron chi connectivity index (χ2n) is 3.93. The van der Waals surface area contributed by atoms with Gasteiger partial charge in [0.05, 0.1) is 7.11 Å². The molecule has 0 bridgehead atoms. The first-order valence-corrected chi connectivity index (χ1v) is 6.55. The topological polar surface area (TPSA) is 26.3 Å². The minimum absolute atomic E-state index is 0.337. The van der Waals surface area contributed by atoms with Crippen molar-refractivity contribution in [3.8, 4) is 0 Å². The zero-order valence-corrected chi connectivity index (χ0v) is 11.5. The molecule has 0 saturated heterocycles. The Morgan fingerprint density at radius 3 is 2.28 bits per heavy atom. The summed E-state index contributed by atoms with van der Waals surface area (Å²) in [5.74, 6) is -0.337. The zero-order chi connectivity index (χ0) is 13.5. The maximum Gasteiger partial charge on any atom is 0.330 e. The van der Waals surface area contributed by atoms with E-state index in [4.69, 9.17) is 0 Å². The first kappa shape index (κ1) is 16.4. The molecule has 0 amide bonds. The second kappa shape index (κ2) is 13.5. The summed E-state index contributed by atoms with van der Waals surface area (Å²) in [5.41, 5.74) is 0. The van der Waals surface area contributed by atoms with Gasteiger partial charge in [0.15, 0.2) is 0 Å². The van der Waals surface area contributed by atoms with E-state index in [1.807, 2.05) is 18.2 Å². The Labute approximate surface area is 111 Å². The number of hydrogen-bond acceptors (Lipinski definition) is 2. The highest BCUT2D eigenvalue weighted by Crippen LogP contribution is 2.02. The quantitative estimate of drug-likeness (QED) is 0.262. The van der Waals surface area contributed by atoms with Crippen molar-refractivity contribution >= 4 is 5.97 Å². The molecule has 0 aliphatic carbocycles. The normalized spacial score (nSPS) is 12.3. The first-order valence-electron chi connectivity index (χ1n) is 6.55. The highest BCUT2D eigenvalue weighted by molar-refractivity contribution is 5.82. The van der Waals surface area contributed by atoms with Crippen molar-refractivity contribution in [2.75, 3.05) is 7.11 Å². The standard InChI is InChI=1S/C16H24O2/c1-3-4-5-6-7-8-9-10-11-12-13-14-15-16(17)18-2/h8-15H,3-7H2,1-2H3/b9-8+,11-10+,13-12+,15-14-. The third-order valence-corrected chi connectivity index (χ3v) is 2.35. The van der Waals surface area contributed by atoms with Crippen LogP contribution in [-0.2, 0) is 9.53 Å². The Morgan fingerprint density at radius 1 is 0.944 bits per heavy atom. The maximum absolute atomic E-state index is 10.7. The first-order chi connectivity index (χ1) is 8.81. The van der Waals surface area contributed by atoms with Crippen LogP contribution in [0.1, 0.15) is 39.0 Å². The van der Waals surface area contributed by atoms with Crippen LogP contribution in [0.25, 0.3) is 0 Å². The van der Waals surface area contributed by atoms with Crippen molar-refractivity contribution in [3.63, 3.8) is 0 Å². The summed E-state index contributed by atoms with van der Waals surface area (Å²) in [6.45, 7) is 2.22. The van der Waals surface area contributed by atoms with E-state index in [2.05, 4.69) is 23.8 Å². The fourth-order valence-electron chi connectivity index (χ4n) is 1.32. The van der Waals surface area contributed by atoms with Gasteiger partial charge >= 0.3 is 5.97 Å². The molecule has 100 valence electrons. The molecule has 0 aliphatic rings. The Hall–Kier alpha value is -1.57. The van der Waals surface area contributed by atoms with E-state index in [-0.39, 0.29) is 5.97 Å². The highest BCUT2D eigenvalue weighted by Gasteiger charge is 1.85. The molecule has 0 N–H and O–H groups in total. The molecule has 0 heterocycles. The summed E-state index contributed by atoms with van der Waals surface area (Å²) in [4.78, 5) is 10.7. The van der Waals surface area contributed by atoms with Crippen molar-refractivity contribution in [1.29, 1.82) is 0 Å². The third kappa shape index (κ3) is 12.5. The average molecular weight is 248 g/mol. The summed E-state index contributed by atoms with van der Waals surface area (Å²) >= 11 is 0. The summed E-state index contributed by atoms with van der Waals surface area (Å²) in [6.07, 6.45) is 21.2. The van der Waals surface area contributed by atoms with Gasteiger partial charge in [-0.2, -0.15) is 0 Å². The second-order valence-corrected chi connectivity index (χ2v) is 3.93. The molecule has 0 atom stereocenters. The van der Waals surface area contributed by atoms with Crippen molar-refractivity contribution in [1.82, 2.24) is 0 Å². The molecular weight excluding hydrogens is 224 g/mol. The van der Waals surface area contributed by atoms with E-state index in [1.54, 1.807) is 12.2 Å². The number of methoxy groups -OCH3 is 1. The lowest BCUT2D eigenvalue weighted by atomic mass is 10.1. The molecule has 18 heavy (non-hydrogen) atoms. The molecule has 0 aromatic heterocycles. The van der Waals surface area contributed by atoms with Gasteiger partial charge in [-0.25, -0.2) is 4.79 Å². The van der Waals surface area contributed by atoms with E-state index in [0.29, 0.717) is 0 Å². The molecule has 0 fully saturated rings. The number of allylic oxidation sites excluding steroid dienone is 7. The largest absolute Gasteiger partial charge is 0.466 e. The molecule has 0 aliphatic heterocycles. The van der Waals surface area contributed by atoms with Crippen molar-refractivity contribution in [2.45, 2.75) is 39.0 Å². The van der Waals surface area contributed by atoms with Gasteiger partial charge in [-0.3, -0.25) is 0 Å². The number of carbonyl (C=O) groups is 1. The van der Waals surface area contributed by atoms with Gasteiger partial charge < -0.3 is 4.74 Å². The van der Waals surface area contributed by atoms with Crippen LogP contribution in [-0.4, -0.2) is 13.1 Å². The summed E-state index contributed by atoms with van der Waals surface area (Å²) in [7, 11) is 1.36. The minimum Gasteiger partial charge on any atom is -0.466 e. The number of unbranched alkanes of at least 4 members (excludes halogenated alkanes) is 4. The van der Waals surface area contributed by atoms with E-state index in [9.17, 15) is 4.79 Å². The van der Waals surface area contributed by atoms with E-state index in [0.717, 1.165) is 6.42 Å². The summed E-state index contributed by atoms with van der Waals surface area (Å²) < 4.78 is 4.46. The number of rotatable bonds is 9. The van der Waals surface area contributed by atoms with Crippen LogP contribution in [0.5, 0.6) is 0 Å². The lowest BCUT2D eigenvalue weighted by molar-refractivity contribution is -0.134. The number of hydrogen-bond donors (Lipinski definition) is 0. The van der Waals surface area contributed by atoms with Crippen molar-refractivity contribution < 1.29 is 9.53 Å². The van der Waals surface area contributed by atoms with Gasteiger partial charge in [0.25, 0.3) is 0 Å². The van der Waals surface area contributed by atoms with Gasteiger partial charge in [0, 0.05) is 6.08 Å². The number of ether oxygens (including phenoxy) is 1. The van der Waals surface area contributed by atoms with Crippen LogP contribution >= 0.6 is 0 Å². The lowest BCUT2D eigenvalue weighted by Crippen LogP contribution is -1.92. The van der Waals surface area contributed by atoms with Gasteiger partial charge in [-0.15, -0.1) is 0 Å². The lowest BCUT2D eigenvalue weighted by Gasteiger charge is -1.92. The SMILES string of the molecule is CCCCCC/C=C/C=C/C=C/C=C\C(=O)OC. The smallest absolute Gasteiger partial charge is 0.330 e. The van der Waals surface area contributed by atoms with Gasteiger partial charge in [0.1, 0.15) is 0 Å². The Kier molecular flexibility index (Phi) is 12.3. The van der Waals surface area contributed by atoms with Crippen LogP contribution in [0.2, 0.25) is 0 Å². The van der Waals surface area contributed by atoms with Crippen molar-refractivity contribution in [2.24, 2.45) is 0 Å². The fraction of sp³-hybridized carbons (Fsp3) is 0.438. The molecule has 0 aromatic rings. The van der Waals surface area contributed by atoms with Crippen LogP contribution in [0.3, 0.4) is 0 Å². The molecule has 0 spiro atoms. The fourth-order valence-corrected chi connectivity index (χ4v) is 1.32. The van der Waals surface area contributed by atoms with Gasteiger partial charge in [0.2, 0.25) is 0 Å². The maximum atomic E-state index is 10.7. The number of carbonyl (C=O) groups excluding carboxylic acids is 1. The molecule has 0 saturated carbocycles. The molecule has 0 aromatic carbocycles. The Morgan fingerprint density at radius 2 is 1.61 bits per heavy atom. The van der Waals surface area contributed by atoms with Crippen LogP contribution in [0, 0.1) is 0 Å². The molecule has 2 heteroatoms. The van der Waals surface area contributed by atoms with Gasteiger partial charge in [-0.1, -0.05) is 68.7 Å². The van der Waals surface area contributed by atoms with Crippen LogP contribution in [0.15, 0.2) is 48.6 Å². The van der Waals surface area contributed by atoms with Gasteiger partial charge in [-0.05, 0) is 12.8 Å². The average Bonchev–Trinajstić information content (AvgIpc) is 2.39. The predicted octanol–water partition coefficient (Wildman–Crippen LogP) is 4.35. The molecular formula is C16H24O2. The molecule has 0 unspecified atom stereocenters. The minimum atomic E-state index is -0.337. The van der Waals surface area contributed by atoms with E-state index < -0.39 is 0 Å². The van der Waals surface area contributed by atoms with Crippen LogP contribution in [0.4, 0.5) is 0 Å². The van der Waals surface area contributed by atoms with Crippen molar-refractivity contribution in [3.05, 3.63) is 48.6 Å². The molecule has 0 radical (unpaired) electrons. The van der Waals surface area contributed by atoms with E-state index in [1.165, 1.54) is 38.9 Å². The molecule has 2 nitrogen and oxygen atoms in total.